The third-order valence-corrected chi connectivity index (χ3v) is 6.11. The van der Waals surface area contributed by atoms with Crippen LogP contribution in [0.25, 0.3) is 0 Å². The van der Waals surface area contributed by atoms with Crippen LogP contribution in [0.4, 0.5) is 0 Å². The van der Waals surface area contributed by atoms with Crippen LogP contribution in [0.3, 0.4) is 0 Å². The van der Waals surface area contributed by atoms with E-state index in [1.54, 1.807) is 0 Å². The number of sulfonamides is 1. The van der Waals surface area contributed by atoms with Gasteiger partial charge in [-0.2, -0.15) is 5.26 Å². The van der Waals surface area contributed by atoms with Gasteiger partial charge in [0.25, 0.3) is 0 Å². The summed E-state index contributed by atoms with van der Waals surface area (Å²) < 4.78 is 27.1. The Morgan fingerprint density at radius 2 is 2.16 bits per heavy atom. The molecule has 1 N–H and O–H groups in total. The second-order valence-corrected chi connectivity index (χ2v) is 7.79. The summed E-state index contributed by atoms with van der Waals surface area (Å²) >= 11 is 0.999. The number of thiophene rings is 1. The lowest BCUT2D eigenvalue weighted by molar-refractivity contribution is 0.313. The van der Waals surface area contributed by atoms with E-state index < -0.39 is 10.0 Å². The van der Waals surface area contributed by atoms with Crippen LogP contribution in [0.15, 0.2) is 16.3 Å². The zero-order valence-electron chi connectivity index (χ0n) is 10.8. The van der Waals surface area contributed by atoms with E-state index in [1.165, 1.54) is 25.0 Å². The van der Waals surface area contributed by atoms with Crippen molar-refractivity contribution in [3.8, 4) is 6.07 Å². The minimum Gasteiger partial charge on any atom is -0.302 e. The monoisotopic (exact) mass is 299 g/mol. The van der Waals surface area contributed by atoms with Gasteiger partial charge in [0.2, 0.25) is 10.0 Å². The Morgan fingerprint density at radius 3 is 2.74 bits per heavy atom. The van der Waals surface area contributed by atoms with E-state index in [-0.39, 0.29) is 10.3 Å². The summed E-state index contributed by atoms with van der Waals surface area (Å²) in [7, 11) is -3.50. The Hall–Kier alpha value is -0.940. The zero-order chi connectivity index (χ0) is 13.9. The lowest BCUT2D eigenvalue weighted by atomic mass is 10.3. The lowest BCUT2D eigenvalue weighted by Crippen LogP contribution is -2.40. The summed E-state index contributed by atoms with van der Waals surface area (Å²) in [5, 5.41) is 8.73. The van der Waals surface area contributed by atoms with Gasteiger partial charge in [0.05, 0.1) is 0 Å². The van der Waals surface area contributed by atoms with Crippen molar-refractivity contribution in [2.24, 2.45) is 0 Å². The van der Waals surface area contributed by atoms with Gasteiger partial charge < -0.3 is 4.90 Å². The lowest BCUT2D eigenvalue weighted by Gasteiger charge is -2.20. The fourth-order valence-electron chi connectivity index (χ4n) is 2.24. The molecule has 0 aromatic carbocycles. The summed E-state index contributed by atoms with van der Waals surface area (Å²) in [6, 6.07) is 4.83. The largest absolute Gasteiger partial charge is 0.302 e. The van der Waals surface area contributed by atoms with Gasteiger partial charge in [-0.3, -0.25) is 0 Å². The van der Waals surface area contributed by atoms with Crippen molar-refractivity contribution in [3.05, 3.63) is 17.0 Å². The fraction of sp³-hybridized carbons (Fsp3) is 0.583. The maximum Gasteiger partial charge on any atom is 0.250 e. The number of nitrogens with zero attached hydrogens (tertiary/aromatic N) is 2. The minimum atomic E-state index is -3.50. The Kier molecular flexibility index (Phi) is 4.58. The number of rotatable bonds is 5. The maximum absolute atomic E-state index is 12.1. The van der Waals surface area contributed by atoms with E-state index in [4.69, 9.17) is 5.26 Å². The van der Waals surface area contributed by atoms with Crippen LogP contribution < -0.4 is 4.72 Å². The molecular weight excluding hydrogens is 282 g/mol. The van der Waals surface area contributed by atoms with Crippen molar-refractivity contribution >= 4 is 21.4 Å². The molecule has 1 aliphatic heterocycles. The summed E-state index contributed by atoms with van der Waals surface area (Å²) in [5.41, 5.74) is 0. The van der Waals surface area contributed by atoms with Crippen molar-refractivity contribution in [1.82, 2.24) is 9.62 Å². The molecule has 0 amide bonds. The second-order valence-electron chi connectivity index (χ2n) is 4.76. The first-order valence-electron chi connectivity index (χ1n) is 6.26. The van der Waals surface area contributed by atoms with Crippen LogP contribution in [-0.2, 0) is 10.0 Å². The molecule has 1 aliphatic rings. The molecule has 0 radical (unpaired) electrons. The van der Waals surface area contributed by atoms with Gasteiger partial charge in [-0.25, -0.2) is 13.1 Å². The maximum atomic E-state index is 12.1. The molecule has 1 unspecified atom stereocenters. The second kappa shape index (κ2) is 6.01. The summed E-state index contributed by atoms with van der Waals surface area (Å²) in [6.07, 6.45) is 2.38. The first-order valence-corrected chi connectivity index (χ1v) is 8.56. The van der Waals surface area contributed by atoms with Crippen LogP contribution in [0, 0.1) is 11.3 Å². The first kappa shape index (κ1) is 14.5. The highest BCUT2D eigenvalue weighted by Gasteiger charge is 2.22. The Bertz CT molecular complexity index is 568. The molecule has 0 aliphatic carbocycles. The quantitative estimate of drug-likeness (QED) is 0.891. The van der Waals surface area contributed by atoms with Crippen LogP contribution in [0.5, 0.6) is 0 Å². The van der Waals surface area contributed by atoms with E-state index in [2.05, 4.69) is 9.62 Å². The van der Waals surface area contributed by atoms with Crippen LogP contribution >= 0.6 is 11.3 Å². The van der Waals surface area contributed by atoms with Crippen molar-refractivity contribution in [3.63, 3.8) is 0 Å². The minimum absolute atomic E-state index is 0.129. The standard InChI is InChI=1S/C12H17N3O2S2/c1-10(9-15-6-2-3-7-15)14-19(16,17)12-5-4-11(8-13)18-12/h4-5,10,14H,2-3,6-7,9H2,1H3. The van der Waals surface area contributed by atoms with Gasteiger partial charge in [0.15, 0.2) is 0 Å². The van der Waals surface area contributed by atoms with Gasteiger partial charge >= 0.3 is 0 Å². The molecule has 2 heterocycles. The highest BCUT2D eigenvalue weighted by Crippen LogP contribution is 2.21. The molecule has 1 saturated heterocycles. The van der Waals surface area contributed by atoms with Crippen LogP contribution in [0.1, 0.15) is 24.6 Å². The Balaban J connectivity index is 1.98. The molecule has 5 nitrogen and oxygen atoms in total. The van der Waals surface area contributed by atoms with E-state index in [0.717, 1.165) is 31.0 Å². The smallest absolute Gasteiger partial charge is 0.250 e. The fourth-order valence-corrected chi connectivity index (χ4v) is 4.59. The molecule has 2 rings (SSSR count). The van der Waals surface area contributed by atoms with Gasteiger partial charge in [-0.05, 0) is 45.0 Å². The predicted octanol–water partition coefficient (Wildman–Crippen LogP) is 1.38. The molecule has 1 aromatic rings. The highest BCUT2D eigenvalue weighted by molar-refractivity contribution is 7.91. The molecule has 0 bridgehead atoms. The van der Waals surface area contributed by atoms with Gasteiger partial charge in [-0.1, -0.05) is 0 Å². The van der Waals surface area contributed by atoms with E-state index in [9.17, 15) is 8.42 Å². The Morgan fingerprint density at radius 1 is 1.47 bits per heavy atom. The van der Waals surface area contributed by atoms with Crippen molar-refractivity contribution < 1.29 is 8.42 Å². The molecule has 0 saturated carbocycles. The molecule has 1 atom stereocenters. The highest BCUT2D eigenvalue weighted by atomic mass is 32.2. The predicted molar refractivity (Wildman–Crippen MR) is 74.5 cm³/mol. The number of hydrogen-bond acceptors (Lipinski definition) is 5. The number of nitrogens with one attached hydrogen (secondary N) is 1. The SMILES string of the molecule is CC(CN1CCCC1)NS(=O)(=O)c1ccc(C#N)s1. The molecular formula is C12H17N3O2S2. The van der Waals surface area contributed by atoms with Crippen molar-refractivity contribution in [2.45, 2.75) is 30.0 Å². The molecule has 1 fully saturated rings. The summed E-state index contributed by atoms with van der Waals surface area (Å²) in [5.74, 6) is 0. The van der Waals surface area contributed by atoms with E-state index in [0.29, 0.717) is 4.88 Å². The topological polar surface area (TPSA) is 73.2 Å². The Labute approximate surface area is 117 Å². The summed E-state index contributed by atoms with van der Waals surface area (Å²) in [4.78, 5) is 2.68. The number of likely N-dealkylation sites (tertiary alicyclic amines) is 1. The van der Waals surface area contributed by atoms with E-state index in [1.807, 2.05) is 13.0 Å². The van der Waals surface area contributed by atoms with Gasteiger partial charge in [0.1, 0.15) is 15.2 Å². The normalized spacial score (nSPS) is 18.3. The molecule has 1 aromatic heterocycles. The van der Waals surface area contributed by atoms with Crippen molar-refractivity contribution in [1.29, 1.82) is 5.26 Å². The number of hydrogen-bond donors (Lipinski definition) is 1. The molecule has 19 heavy (non-hydrogen) atoms. The van der Waals surface area contributed by atoms with Gasteiger partial charge in [0, 0.05) is 12.6 Å². The number of nitriles is 1. The third-order valence-electron chi connectivity index (χ3n) is 3.04. The molecule has 7 heteroatoms. The van der Waals surface area contributed by atoms with Crippen LogP contribution in [0.2, 0.25) is 0 Å². The average Bonchev–Trinajstić information content (AvgIpc) is 2.97. The third kappa shape index (κ3) is 3.76. The van der Waals surface area contributed by atoms with Crippen molar-refractivity contribution in [2.75, 3.05) is 19.6 Å². The van der Waals surface area contributed by atoms with E-state index >= 15 is 0 Å². The molecule has 0 spiro atoms. The average molecular weight is 299 g/mol. The molecule has 104 valence electrons. The zero-order valence-corrected chi connectivity index (χ0v) is 12.4. The van der Waals surface area contributed by atoms with Crippen LogP contribution in [-0.4, -0.2) is 39.0 Å². The first-order chi connectivity index (χ1) is 9.01. The van der Waals surface area contributed by atoms with Gasteiger partial charge in [-0.15, -0.1) is 11.3 Å². The summed E-state index contributed by atoms with van der Waals surface area (Å²) in [6.45, 7) is 4.69.